The maximum atomic E-state index is 12.6. The minimum atomic E-state index is -0.268. The van der Waals surface area contributed by atoms with Gasteiger partial charge in [-0.05, 0) is 56.7 Å². The van der Waals surface area contributed by atoms with Crippen LogP contribution in [0.5, 0.6) is 23.0 Å². The van der Waals surface area contributed by atoms with Gasteiger partial charge in [-0.15, -0.1) is 0 Å². The van der Waals surface area contributed by atoms with E-state index in [0.717, 1.165) is 5.56 Å². The Balaban J connectivity index is 2.01. The molecule has 0 fully saturated rings. The van der Waals surface area contributed by atoms with Gasteiger partial charge in [-0.1, -0.05) is 6.07 Å². The molecule has 0 spiro atoms. The van der Waals surface area contributed by atoms with Gasteiger partial charge in [-0.3, -0.25) is 9.59 Å². The summed E-state index contributed by atoms with van der Waals surface area (Å²) in [6, 6.07) is 10.3. The Labute approximate surface area is 182 Å². The average Bonchev–Trinajstić information content (AvgIpc) is 2.76. The second-order valence-electron chi connectivity index (χ2n) is 6.98. The fraction of sp³-hybridized carbons (Fsp3) is 0.391. The number of hydrogen-bond acceptors (Lipinski definition) is 6. The van der Waals surface area contributed by atoms with E-state index < -0.39 is 0 Å². The molecule has 2 aromatic rings. The van der Waals surface area contributed by atoms with Crippen LogP contribution in [0.1, 0.15) is 36.7 Å². The molecule has 31 heavy (non-hydrogen) atoms. The van der Waals surface area contributed by atoms with Gasteiger partial charge in [-0.25, -0.2) is 0 Å². The summed E-state index contributed by atoms with van der Waals surface area (Å²) in [7, 11) is 3.05. The fourth-order valence-corrected chi connectivity index (χ4v) is 2.82. The number of ether oxygens (including phenoxy) is 4. The molecule has 0 aliphatic rings. The van der Waals surface area contributed by atoms with E-state index in [1.54, 1.807) is 25.3 Å². The quantitative estimate of drug-likeness (QED) is 0.569. The van der Waals surface area contributed by atoms with Gasteiger partial charge >= 0.3 is 0 Å². The molecule has 2 N–H and O–H groups in total. The molecule has 0 aliphatic carbocycles. The van der Waals surface area contributed by atoms with E-state index in [2.05, 4.69) is 10.6 Å². The van der Waals surface area contributed by atoms with Gasteiger partial charge in [0.15, 0.2) is 29.6 Å². The zero-order chi connectivity index (χ0) is 22.8. The highest BCUT2D eigenvalue weighted by atomic mass is 16.5. The average molecular weight is 431 g/mol. The Hall–Kier alpha value is -3.42. The number of rotatable bonds is 11. The zero-order valence-electron chi connectivity index (χ0n) is 18.6. The standard InChI is InChI=1S/C23H30N2O6/c1-6-30-18-9-7-16(11-20(18)28-4)13-24-23(27)17-8-10-19(21(12-17)29-5)31-14-22(26)25-15(2)3/h7-12,15H,6,13-14H2,1-5H3,(H,24,27)(H,25,26). The van der Waals surface area contributed by atoms with Crippen LogP contribution in [-0.2, 0) is 11.3 Å². The number of nitrogens with one attached hydrogen (secondary N) is 2. The molecule has 0 bridgehead atoms. The van der Waals surface area contributed by atoms with Crippen LogP contribution in [-0.4, -0.2) is 45.3 Å². The summed E-state index contributed by atoms with van der Waals surface area (Å²) in [5, 5.41) is 5.61. The minimum absolute atomic E-state index is 0.0272. The molecule has 0 aliphatic heterocycles. The van der Waals surface area contributed by atoms with Crippen molar-refractivity contribution in [1.82, 2.24) is 10.6 Å². The van der Waals surface area contributed by atoms with Crippen LogP contribution in [0.2, 0.25) is 0 Å². The van der Waals surface area contributed by atoms with Gasteiger partial charge in [0, 0.05) is 18.2 Å². The van der Waals surface area contributed by atoms with E-state index in [-0.39, 0.29) is 24.5 Å². The lowest BCUT2D eigenvalue weighted by Crippen LogP contribution is -2.34. The van der Waals surface area contributed by atoms with Crippen molar-refractivity contribution in [1.29, 1.82) is 0 Å². The van der Waals surface area contributed by atoms with E-state index in [4.69, 9.17) is 18.9 Å². The molecule has 8 heteroatoms. The Bertz CT molecular complexity index is 898. The third-order valence-electron chi connectivity index (χ3n) is 4.22. The van der Waals surface area contributed by atoms with Gasteiger partial charge in [0.1, 0.15) is 0 Å². The number of carbonyl (C=O) groups excluding carboxylic acids is 2. The summed E-state index contributed by atoms with van der Waals surface area (Å²) in [5.41, 5.74) is 1.28. The molecule has 168 valence electrons. The number of carbonyl (C=O) groups is 2. The Morgan fingerprint density at radius 2 is 1.55 bits per heavy atom. The number of methoxy groups -OCH3 is 2. The van der Waals surface area contributed by atoms with E-state index in [1.165, 1.54) is 7.11 Å². The van der Waals surface area contributed by atoms with Crippen LogP contribution in [0.3, 0.4) is 0 Å². The first-order chi connectivity index (χ1) is 14.9. The topological polar surface area (TPSA) is 95.1 Å². The maximum absolute atomic E-state index is 12.6. The van der Waals surface area contributed by atoms with Gasteiger partial charge < -0.3 is 29.6 Å². The van der Waals surface area contributed by atoms with E-state index >= 15 is 0 Å². The molecule has 0 atom stereocenters. The molecule has 2 aromatic carbocycles. The smallest absolute Gasteiger partial charge is 0.258 e. The summed E-state index contributed by atoms with van der Waals surface area (Å²) in [5.74, 6) is 1.52. The van der Waals surface area contributed by atoms with Gasteiger partial charge in [0.05, 0.1) is 20.8 Å². The van der Waals surface area contributed by atoms with Crippen molar-refractivity contribution < 1.29 is 28.5 Å². The molecule has 0 saturated carbocycles. The zero-order valence-corrected chi connectivity index (χ0v) is 18.6. The van der Waals surface area contributed by atoms with Crippen LogP contribution in [0.4, 0.5) is 0 Å². The van der Waals surface area contributed by atoms with Crippen LogP contribution < -0.4 is 29.6 Å². The van der Waals surface area contributed by atoms with Crippen molar-refractivity contribution in [2.45, 2.75) is 33.4 Å². The third kappa shape index (κ3) is 7.09. The molecule has 0 saturated heterocycles. The van der Waals surface area contributed by atoms with E-state index in [0.29, 0.717) is 41.7 Å². The highest BCUT2D eigenvalue weighted by Crippen LogP contribution is 2.29. The predicted octanol–water partition coefficient (Wildman–Crippen LogP) is 2.94. The molecular formula is C23H30N2O6. The highest BCUT2D eigenvalue weighted by Gasteiger charge is 2.13. The first kappa shape index (κ1) is 23.9. The van der Waals surface area contributed by atoms with Crippen LogP contribution in [0, 0.1) is 0 Å². The second-order valence-corrected chi connectivity index (χ2v) is 6.98. The van der Waals surface area contributed by atoms with Crippen molar-refractivity contribution in [2.75, 3.05) is 27.4 Å². The first-order valence-electron chi connectivity index (χ1n) is 10.1. The van der Waals surface area contributed by atoms with Crippen LogP contribution in [0.25, 0.3) is 0 Å². The second kappa shape index (κ2) is 11.7. The van der Waals surface area contributed by atoms with Crippen molar-refractivity contribution in [3.63, 3.8) is 0 Å². The summed E-state index contributed by atoms with van der Waals surface area (Å²) < 4.78 is 21.7. The Morgan fingerprint density at radius 3 is 2.19 bits per heavy atom. The lowest BCUT2D eigenvalue weighted by atomic mass is 10.1. The monoisotopic (exact) mass is 430 g/mol. The number of benzene rings is 2. The SMILES string of the molecule is CCOc1ccc(CNC(=O)c2ccc(OCC(=O)NC(C)C)c(OC)c2)cc1OC. The molecule has 0 radical (unpaired) electrons. The molecule has 0 unspecified atom stereocenters. The van der Waals surface area contributed by atoms with Crippen molar-refractivity contribution >= 4 is 11.8 Å². The van der Waals surface area contributed by atoms with Gasteiger partial charge in [0.2, 0.25) is 0 Å². The summed E-state index contributed by atoms with van der Waals surface area (Å²) in [6.45, 7) is 6.36. The molecular weight excluding hydrogens is 400 g/mol. The van der Waals surface area contributed by atoms with E-state index in [9.17, 15) is 9.59 Å². The van der Waals surface area contributed by atoms with Crippen LogP contribution in [0.15, 0.2) is 36.4 Å². The van der Waals surface area contributed by atoms with E-state index in [1.807, 2.05) is 39.0 Å². The lowest BCUT2D eigenvalue weighted by molar-refractivity contribution is -0.123. The number of amides is 2. The van der Waals surface area contributed by atoms with Crippen molar-refractivity contribution in [2.24, 2.45) is 0 Å². The van der Waals surface area contributed by atoms with Crippen molar-refractivity contribution in [3.05, 3.63) is 47.5 Å². The summed E-state index contributed by atoms with van der Waals surface area (Å²) in [4.78, 5) is 24.3. The minimum Gasteiger partial charge on any atom is -0.493 e. The molecule has 0 aromatic heterocycles. The molecule has 2 rings (SSSR count). The summed E-state index contributed by atoms with van der Waals surface area (Å²) in [6.07, 6.45) is 0. The number of hydrogen-bond donors (Lipinski definition) is 2. The fourth-order valence-electron chi connectivity index (χ4n) is 2.82. The van der Waals surface area contributed by atoms with Crippen molar-refractivity contribution in [3.8, 4) is 23.0 Å². The maximum Gasteiger partial charge on any atom is 0.258 e. The first-order valence-corrected chi connectivity index (χ1v) is 10.1. The largest absolute Gasteiger partial charge is 0.493 e. The molecule has 8 nitrogen and oxygen atoms in total. The molecule has 2 amide bonds. The Kier molecular flexibility index (Phi) is 8.99. The molecule has 0 heterocycles. The Morgan fingerprint density at radius 1 is 0.903 bits per heavy atom. The lowest BCUT2D eigenvalue weighted by Gasteiger charge is -2.14. The highest BCUT2D eigenvalue weighted by molar-refractivity contribution is 5.94. The third-order valence-corrected chi connectivity index (χ3v) is 4.22. The normalized spacial score (nSPS) is 10.4. The summed E-state index contributed by atoms with van der Waals surface area (Å²) >= 11 is 0. The van der Waals surface area contributed by atoms with Gasteiger partial charge in [-0.2, -0.15) is 0 Å². The van der Waals surface area contributed by atoms with Gasteiger partial charge in [0.25, 0.3) is 11.8 Å². The van der Waals surface area contributed by atoms with Crippen LogP contribution >= 0.6 is 0 Å². The predicted molar refractivity (Wildman–Crippen MR) is 117 cm³/mol.